The molecule has 0 saturated heterocycles. The van der Waals surface area contributed by atoms with Gasteiger partial charge >= 0.3 is 0 Å². The molecule has 0 spiro atoms. The van der Waals surface area contributed by atoms with E-state index in [2.05, 4.69) is 53.0 Å². The highest BCUT2D eigenvalue weighted by atomic mass is 32.2. The summed E-state index contributed by atoms with van der Waals surface area (Å²) in [5.74, 6) is -1.25. The number of benzene rings is 7. The van der Waals surface area contributed by atoms with Crippen LogP contribution in [0, 0.1) is 20.8 Å². The van der Waals surface area contributed by atoms with Crippen LogP contribution in [0.25, 0.3) is 10.8 Å². The number of carbonyl (C=O) groups excluding carboxylic acids is 1. The Labute approximate surface area is 389 Å². The van der Waals surface area contributed by atoms with E-state index >= 15 is 0 Å². The number of fused-ring (bicyclic) bond motifs is 2. The first-order valence-corrected chi connectivity index (χ1v) is 24.5. The zero-order valence-corrected chi connectivity index (χ0v) is 38.4. The Bertz CT molecular complexity index is 3630. The molecule has 0 atom stereocenters. The monoisotopic (exact) mass is 974 g/mol. The van der Waals surface area contributed by atoms with Crippen molar-refractivity contribution in [1.82, 2.24) is 0 Å². The van der Waals surface area contributed by atoms with Gasteiger partial charge in [0, 0.05) is 29.7 Å². The van der Waals surface area contributed by atoms with Crippen LogP contribution in [0.15, 0.2) is 167 Å². The summed E-state index contributed by atoms with van der Waals surface area (Å²) in [5.41, 5.74) is 6.64. The van der Waals surface area contributed by atoms with Crippen LogP contribution in [0.1, 0.15) is 38.2 Å². The third kappa shape index (κ3) is 10.2. The number of azo groups is 3. The summed E-state index contributed by atoms with van der Waals surface area (Å²) in [6.07, 6.45) is 0. The first-order valence-electron chi connectivity index (χ1n) is 20.2. The number of nitrogens with zero attached hydrogens (tertiary/aromatic N) is 7. The third-order valence-electron chi connectivity index (χ3n) is 10.9. The van der Waals surface area contributed by atoms with Crippen molar-refractivity contribution >= 4 is 92.5 Å². The van der Waals surface area contributed by atoms with Gasteiger partial charge in [-0.3, -0.25) is 18.5 Å². The van der Waals surface area contributed by atoms with E-state index in [4.69, 9.17) is 0 Å². The van der Waals surface area contributed by atoms with Gasteiger partial charge in [0.05, 0.1) is 39.0 Å². The van der Waals surface area contributed by atoms with Gasteiger partial charge in [0.25, 0.3) is 36.3 Å². The van der Waals surface area contributed by atoms with Crippen LogP contribution in [-0.2, 0) is 43.4 Å². The maximum atomic E-state index is 12.9. The molecule has 0 saturated carbocycles. The van der Waals surface area contributed by atoms with Gasteiger partial charge in [0.1, 0.15) is 15.5 Å². The smallest absolute Gasteiger partial charge is 0.296 e. The number of phenols is 1. The molecule has 5 N–H and O–H groups in total. The van der Waals surface area contributed by atoms with Gasteiger partial charge in [-0.25, -0.2) is 0 Å². The van der Waals surface area contributed by atoms with Crippen LogP contribution >= 0.6 is 0 Å². The molecule has 0 aliphatic carbocycles. The van der Waals surface area contributed by atoms with Gasteiger partial charge in [-0.2, -0.15) is 50.8 Å². The Hall–Kier alpha value is -7.60. The van der Waals surface area contributed by atoms with Crippen molar-refractivity contribution in [3.8, 4) is 5.75 Å². The van der Waals surface area contributed by atoms with Crippen molar-refractivity contribution in [1.29, 1.82) is 0 Å². The maximum absolute atomic E-state index is 12.9. The molecular formula is C46H38N8O11S3. The zero-order chi connectivity index (χ0) is 48.7. The average Bonchev–Trinajstić information content (AvgIpc) is 3.72. The fourth-order valence-electron chi connectivity index (χ4n) is 7.34. The summed E-state index contributed by atoms with van der Waals surface area (Å²) in [7, 11) is -14.6. The predicted molar refractivity (Wildman–Crippen MR) is 252 cm³/mol. The lowest BCUT2D eigenvalue weighted by atomic mass is 10.1. The number of aromatic hydroxyl groups is 1. The lowest BCUT2D eigenvalue weighted by Gasteiger charge is -2.19. The highest BCUT2D eigenvalue weighted by Crippen LogP contribution is 2.44. The molecule has 0 unspecified atom stereocenters. The maximum Gasteiger partial charge on any atom is 0.296 e. The molecule has 19 nitrogen and oxygen atoms in total. The van der Waals surface area contributed by atoms with E-state index in [1.165, 1.54) is 41.5 Å². The number of rotatable bonds is 12. The Morgan fingerprint density at radius 2 is 1.13 bits per heavy atom. The summed E-state index contributed by atoms with van der Waals surface area (Å²) >= 11 is 0. The van der Waals surface area contributed by atoms with Crippen molar-refractivity contribution in [2.24, 2.45) is 30.7 Å². The molecule has 346 valence electrons. The van der Waals surface area contributed by atoms with Crippen molar-refractivity contribution in [2.45, 2.75) is 48.5 Å². The Kier molecular flexibility index (Phi) is 12.6. The highest BCUT2D eigenvalue weighted by molar-refractivity contribution is 7.87. The SMILES string of the molecule is Cc1cc(N=Nc2cc(C)c(N=Nc3c(S(=O)(=O)O)cc4cc(N5Cc6ccccc6C5)ccc4c3O)cc2C)ccc1N=Nc1ccc(C(=O)Nc2ccc(S(=O)(=O)O)cc2S(=O)(=O)O)cc1. The largest absolute Gasteiger partial charge is 0.505 e. The number of anilines is 2. The molecule has 0 fully saturated rings. The van der Waals surface area contributed by atoms with Gasteiger partial charge in [-0.1, -0.05) is 24.3 Å². The van der Waals surface area contributed by atoms with Crippen LogP contribution < -0.4 is 10.2 Å². The Morgan fingerprint density at radius 3 is 1.74 bits per heavy atom. The standard InChI is InChI=1S/C46H38N8O11S3/c1-26-18-34(12-16-38(26)50-48-33-10-8-29(9-11-33)46(56)47-39-17-14-36(66(57,58)59)23-42(39)67(60,61)62)49-51-40-19-28(3)41(20-27(40)2)52-53-44-43(68(63,64)65)22-32-21-35(13-15-37(32)45(44)55)54-24-30-6-4-5-7-31(30)25-54/h4-23,55H,24-25H2,1-3H3,(H,47,56)(H,57,58,59)(H,60,61,62)(H,63,64,65). The number of hydrogen-bond donors (Lipinski definition) is 5. The second kappa shape index (κ2) is 18.2. The van der Waals surface area contributed by atoms with Crippen LogP contribution in [-0.4, -0.2) is 49.9 Å². The summed E-state index contributed by atoms with van der Waals surface area (Å²) in [6, 6.07) is 31.1. The van der Waals surface area contributed by atoms with E-state index in [1.54, 1.807) is 63.2 Å². The molecule has 0 radical (unpaired) electrons. The fraction of sp³-hybridized carbons (Fsp3) is 0.109. The van der Waals surface area contributed by atoms with E-state index in [1.807, 2.05) is 18.2 Å². The van der Waals surface area contributed by atoms with E-state index in [9.17, 15) is 48.8 Å². The third-order valence-corrected chi connectivity index (χ3v) is 13.5. The van der Waals surface area contributed by atoms with Gasteiger partial charge in [-0.05, 0) is 151 Å². The van der Waals surface area contributed by atoms with Crippen molar-refractivity contribution in [3.05, 3.63) is 155 Å². The lowest BCUT2D eigenvalue weighted by Crippen LogP contribution is -2.15. The summed E-state index contributed by atoms with van der Waals surface area (Å²) in [6.45, 7) is 6.67. The minimum absolute atomic E-state index is 0.0637. The molecule has 7 aromatic rings. The first-order chi connectivity index (χ1) is 32.1. The molecule has 68 heavy (non-hydrogen) atoms. The second-order valence-corrected chi connectivity index (χ2v) is 19.9. The number of phenolic OH excluding ortho intramolecular Hbond substituents is 1. The fourth-order valence-corrected chi connectivity index (χ4v) is 9.25. The Balaban J connectivity index is 0.939. The second-order valence-electron chi connectivity index (χ2n) is 15.7. The number of hydrogen-bond acceptors (Lipinski definition) is 15. The molecule has 8 rings (SSSR count). The zero-order valence-electron chi connectivity index (χ0n) is 36.0. The van der Waals surface area contributed by atoms with E-state index in [-0.39, 0.29) is 5.56 Å². The first kappa shape index (κ1) is 46.9. The molecule has 7 aromatic carbocycles. The number of carbonyl (C=O) groups is 1. The van der Waals surface area contributed by atoms with Crippen molar-refractivity contribution in [3.63, 3.8) is 0 Å². The minimum atomic E-state index is -5.00. The van der Waals surface area contributed by atoms with E-state index in [0.717, 1.165) is 17.8 Å². The van der Waals surface area contributed by atoms with E-state index in [0.29, 0.717) is 75.1 Å². The molecule has 0 aromatic heterocycles. The summed E-state index contributed by atoms with van der Waals surface area (Å²) in [4.78, 5) is 12.7. The van der Waals surface area contributed by atoms with Crippen LogP contribution in [0.5, 0.6) is 5.75 Å². The highest BCUT2D eigenvalue weighted by Gasteiger charge is 2.25. The normalized spacial score (nSPS) is 13.3. The predicted octanol–water partition coefficient (Wildman–Crippen LogP) is 11.2. The molecule has 1 amide bonds. The number of amides is 1. The molecule has 22 heteroatoms. The van der Waals surface area contributed by atoms with Gasteiger partial charge < -0.3 is 15.3 Å². The minimum Gasteiger partial charge on any atom is -0.505 e. The van der Waals surface area contributed by atoms with Gasteiger partial charge in [-0.15, -0.1) is 5.11 Å². The quantitative estimate of drug-likeness (QED) is 0.0564. The van der Waals surface area contributed by atoms with Gasteiger partial charge in [0.2, 0.25) is 0 Å². The van der Waals surface area contributed by atoms with Crippen LogP contribution in [0.2, 0.25) is 0 Å². The lowest BCUT2D eigenvalue weighted by molar-refractivity contribution is 0.102. The van der Waals surface area contributed by atoms with Crippen molar-refractivity contribution in [2.75, 3.05) is 10.2 Å². The molecule has 1 aliphatic rings. The summed E-state index contributed by atoms with van der Waals surface area (Å²) < 4.78 is 101. The number of aryl methyl sites for hydroxylation is 3. The summed E-state index contributed by atoms with van der Waals surface area (Å²) in [5, 5.41) is 40.0. The topological polar surface area (TPSA) is 290 Å². The molecule has 1 aliphatic heterocycles. The Morgan fingerprint density at radius 1 is 0.559 bits per heavy atom. The van der Waals surface area contributed by atoms with Crippen molar-refractivity contribution < 1.29 is 48.8 Å². The average molecular weight is 975 g/mol. The van der Waals surface area contributed by atoms with E-state index < -0.39 is 68.1 Å². The molecular weight excluding hydrogens is 937 g/mol. The molecule has 0 bridgehead atoms. The molecule has 1 heterocycles. The van der Waals surface area contributed by atoms with Crippen LogP contribution in [0.4, 0.5) is 45.5 Å². The van der Waals surface area contributed by atoms with Gasteiger partial charge in [0.15, 0.2) is 5.75 Å². The number of nitrogens with one attached hydrogen (secondary N) is 1. The van der Waals surface area contributed by atoms with Crippen LogP contribution in [0.3, 0.4) is 0 Å².